The fraction of sp³-hybridized carbons (Fsp3) is 0.303. The van der Waals surface area contributed by atoms with Gasteiger partial charge in [-0.1, -0.05) is 172 Å². The molecule has 1 aliphatic heterocycles. The molecule has 0 bridgehead atoms. The molecule has 2 fully saturated rings. The van der Waals surface area contributed by atoms with Gasteiger partial charge in [-0.3, -0.25) is 4.57 Å². The number of rotatable bonds is 12. The first-order valence-corrected chi connectivity index (χ1v) is 30.6. The summed E-state index contributed by atoms with van der Waals surface area (Å²) in [5.74, 6) is 2.67. The SMILES string of the molecule is CC(C)c1cc(-c2cccc(-c3cc(F)cc(F)c3)c2N2CN(c3cc(Oc4ccc5c6ccccc6n(-c6cc(C(C)(C)C)ccn6)c5c4)cc(-c4c(C5CCCCC5)cccc4C4CCCCC4)c3)c3ccccc32)cc(C(C)C)c1. The van der Waals surface area contributed by atoms with E-state index in [1.165, 1.54) is 110 Å². The van der Waals surface area contributed by atoms with E-state index in [4.69, 9.17) is 9.72 Å². The number of ether oxygens (including phenoxy) is 1. The van der Waals surface area contributed by atoms with E-state index in [1.54, 1.807) is 0 Å². The lowest BCUT2D eigenvalue weighted by molar-refractivity contribution is 0.436. The van der Waals surface area contributed by atoms with Crippen molar-refractivity contribution in [2.75, 3.05) is 16.5 Å². The van der Waals surface area contributed by atoms with Crippen LogP contribution in [-0.4, -0.2) is 16.2 Å². The maximum Gasteiger partial charge on any atom is 0.137 e. The third kappa shape index (κ3) is 10.5. The molecule has 3 aliphatic rings. The van der Waals surface area contributed by atoms with Crippen molar-refractivity contribution in [2.45, 2.75) is 142 Å². The van der Waals surface area contributed by atoms with E-state index < -0.39 is 11.6 Å². The van der Waals surface area contributed by atoms with Gasteiger partial charge in [0.05, 0.1) is 28.1 Å². The van der Waals surface area contributed by atoms with Crippen LogP contribution in [0.25, 0.3) is 61.0 Å². The number of nitrogens with zero attached hydrogens (tertiary/aromatic N) is 4. The molecule has 0 amide bonds. The zero-order valence-electron chi connectivity index (χ0n) is 49.3. The summed E-state index contributed by atoms with van der Waals surface area (Å²) < 4.78 is 40.7. The van der Waals surface area contributed by atoms with Crippen LogP contribution in [0.3, 0.4) is 0 Å². The molecular formula is C76H76F2N4O. The number of para-hydroxylation sites is 4. The van der Waals surface area contributed by atoms with Gasteiger partial charge in [-0.15, -0.1) is 0 Å². The molecule has 0 radical (unpaired) electrons. The predicted molar refractivity (Wildman–Crippen MR) is 342 cm³/mol. The second-order valence-electron chi connectivity index (χ2n) is 25.5. The average molecular weight is 1100 g/mol. The van der Waals surface area contributed by atoms with Crippen LogP contribution in [0.4, 0.5) is 31.5 Å². The molecule has 5 nitrogen and oxygen atoms in total. The minimum Gasteiger partial charge on any atom is -0.457 e. The van der Waals surface area contributed by atoms with Crippen molar-refractivity contribution in [3.05, 3.63) is 216 Å². The number of pyridine rings is 1. The molecule has 3 heterocycles. The quantitative estimate of drug-likeness (QED) is 0.122. The number of anilines is 4. The summed E-state index contributed by atoms with van der Waals surface area (Å²) in [6.07, 6.45) is 14.2. The van der Waals surface area contributed by atoms with E-state index >= 15 is 8.78 Å². The van der Waals surface area contributed by atoms with Crippen LogP contribution in [0, 0.1) is 11.6 Å². The Hall–Kier alpha value is -8.03. The third-order valence-electron chi connectivity index (χ3n) is 18.3. The van der Waals surface area contributed by atoms with Gasteiger partial charge in [0.25, 0.3) is 0 Å². The van der Waals surface area contributed by atoms with Crippen molar-refractivity contribution in [2.24, 2.45) is 0 Å². The van der Waals surface area contributed by atoms with Crippen LogP contribution in [0.2, 0.25) is 0 Å². The molecule has 2 aromatic heterocycles. The highest BCUT2D eigenvalue weighted by Gasteiger charge is 2.34. The highest BCUT2D eigenvalue weighted by molar-refractivity contribution is 6.09. The van der Waals surface area contributed by atoms with E-state index in [0.717, 1.165) is 90.2 Å². The molecule has 0 saturated heterocycles. The van der Waals surface area contributed by atoms with Gasteiger partial charge >= 0.3 is 0 Å². The summed E-state index contributed by atoms with van der Waals surface area (Å²) in [5, 5.41) is 2.29. The van der Waals surface area contributed by atoms with E-state index in [9.17, 15) is 0 Å². The lowest BCUT2D eigenvalue weighted by Crippen LogP contribution is -2.25. The number of aromatic nitrogens is 2. The van der Waals surface area contributed by atoms with E-state index in [0.29, 0.717) is 35.9 Å². The molecule has 13 rings (SSSR count). The summed E-state index contributed by atoms with van der Waals surface area (Å²) in [4.78, 5) is 9.79. The van der Waals surface area contributed by atoms with Crippen LogP contribution in [0.15, 0.2) is 176 Å². The molecule has 8 aromatic carbocycles. The second kappa shape index (κ2) is 22.3. The molecule has 0 spiro atoms. The predicted octanol–water partition coefficient (Wildman–Crippen LogP) is 22.1. The Bertz CT molecular complexity index is 3980. The Morgan fingerprint density at radius 3 is 1.73 bits per heavy atom. The van der Waals surface area contributed by atoms with E-state index in [1.807, 2.05) is 18.3 Å². The first-order valence-electron chi connectivity index (χ1n) is 30.6. The standard InChI is InChI=1S/C76H76F2N4O/c1-48(2)52-36-53(49(3)4)38-54(37-52)65-27-19-28-66(55-39-58(77)44-59(78)40-55)75(65)81-47-80(70-30-16-17-31-71(70)81)60-41-56(74-63(50-20-10-8-11-21-50)25-18-26-64(74)51-22-12-9-13-23-51)42-62(45-60)83-61-32-33-68-67-24-14-15-29-69(67)82(72(68)46-61)73-43-57(34-35-79-73)76(5,6)7/h14-19,24-46,48-51H,8-13,20-23,47H2,1-7H3. The van der Waals surface area contributed by atoms with Crippen LogP contribution in [-0.2, 0) is 5.41 Å². The lowest BCUT2D eigenvalue weighted by Gasteiger charge is -2.31. The molecule has 7 heteroatoms. The number of hydrogen-bond acceptors (Lipinski definition) is 4. The van der Waals surface area contributed by atoms with Crippen LogP contribution < -0.4 is 14.5 Å². The summed E-state index contributed by atoms with van der Waals surface area (Å²) in [6, 6.07) is 59.3. The first-order chi connectivity index (χ1) is 40.2. The molecule has 0 atom stereocenters. The van der Waals surface area contributed by atoms with Crippen molar-refractivity contribution in [3.63, 3.8) is 0 Å². The lowest BCUT2D eigenvalue weighted by atomic mass is 9.75. The Balaban J connectivity index is 1.01. The van der Waals surface area contributed by atoms with Crippen molar-refractivity contribution >= 4 is 44.6 Å². The minimum atomic E-state index is -0.610. The molecule has 0 unspecified atom stereocenters. The summed E-state index contributed by atoms with van der Waals surface area (Å²) >= 11 is 0. The number of benzene rings is 8. The van der Waals surface area contributed by atoms with E-state index in [-0.39, 0.29) is 5.41 Å². The fourth-order valence-electron chi connectivity index (χ4n) is 13.9. The van der Waals surface area contributed by atoms with E-state index in [2.05, 4.69) is 202 Å². The van der Waals surface area contributed by atoms with Gasteiger partial charge in [-0.2, -0.15) is 0 Å². The fourth-order valence-corrected chi connectivity index (χ4v) is 13.9. The Labute approximate surface area is 489 Å². The van der Waals surface area contributed by atoms with Gasteiger partial charge in [0.15, 0.2) is 0 Å². The largest absolute Gasteiger partial charge is 0.457 e. The number of halogens is 2. The maximum atomic E-state index is 15.5. The Morgan fingerprint density at radius 2 is 1.10 bits per heavy atom. The van der Waals surface area contributed by atoms with Gasteiger partial charge in [0.1, 0.15) is 35.6 Å². The van der Waals surface area contributed by atoms with Crippen molar-refractivity contribution in [1.82, 2.24) is 9.55 Å². The molecular weight excluding hydrogens is 1020 g/mol. The normalized spacial score (nSPS) is 15.3. The number of hydrogen-bond donors (Lipinski definition) is 0. The smallest absolute Gasteiger partial charge is 0.137 e. The van der Waals surface area contributed by atoms with Crippen LogP contribution in [0.1, 0.15) is 164 Å². The molecule has 0 N–H and O–H groups in total. The van der Waals surface area contributed by atoms with Gasteiger partial charge in [0, 0.05) is 52.0 Å². The van der Waals surface area contributed by atoms with Crippen molar-refractivity contribution < 1.29 is 13.5 Å². The van der Waals surface area contributed by atoms with Crippen LogP contribution in [0.5, 0.6) is 11.5 Å². The number of fused-ring (bicyclic) bond motifs is 4. The summed E-state index contributed by atoms with van der Waals surface area (Å²) in [6.45, 7) is 16.1. The second-order valence-corrected chi connectivity index (χ2v) is 25.5. The monoisotopic (exact) mass is 1100 g/mol. The average Bonchev–Trinajstić information content (AvgIpc) is 2.52. The topological polar surface area (TPSA) is 33.5 Å². The van der Waals surface area contributed by atoms with Gasteiger partial charge < -0.3 is 14.5 Å². The molecule has 2 aliphatic carbocycles. The van der Waals surface area contributed by atoms with Gasteiger partial charge in [-0.05, 0) is 172 Å². The zero-order chi connectivity index (χ0) is 57.1. The molecule has 420 valence electrons. The highest BCUT2D eigenvalue weighted by atomic mass is 19.1. The highest BCUT2D eigenvalue weighted by Crippen LogP contribution is 2.53. The summed E-state index contributed by atoms with van der Waals surface area (Å²) in [7, 11) is 0. The molecule has 2 saturated carbocycles. The van der Waals surface area contributed by atoms with Gasteiger partial charge in [0.2, 0.25) is 0 Å². The van der Waals surface area contributed by atoms with Gasteiger partial charge in [-0.25, -0.2) is 13.8 Å². The third-order valence-corrected chi connectivity index (χ3v) is 18.3. The minimum absolute atomic E-state index is 0.0594. The molecule has 83 heavy (non-hydrogen) atoms. The Morgan fingerprint density at radius 1 is 0.506 bits per heavy atom. The zero-order valence-corrected chi connectivity index (χ0v) is 49.3. The summed E-state index contributed by atoms with van der Waals surface area (Å²) in [5.41, 5.74) is 18.5. The Kier molecular flexibility index (Phi) is 14.6. The molecule has 10 aromatic rings. The van der Waals surface area contributed by atoms with Crippen molar-refractivity contribution in [3.8, 4) is 50.7 Å². The maximum absolute atomic E-state index is 15.5. The van der Waals surface area contributed by atoms with Crippen LogP contribution >= 0.6 is 0 Å². The van der Waals surface area contributed by atoms with Crippen molar-refractivity contribution in [1.29, 1.82) is 0 Å². The first kappa shape index (κ1) is 54.2.